The molecule has 3 aromatic carbocycles. The number of carbonyl (C=O) groups is 1. The smallest absolute Gasteiger partial charge is 0.248 e. The van der Waals surface area contributed by atoms with E-state index in [9.17, 15) is 24.9 Å². The van der Waals surface area contributed by atoms with Crippen LogP contribution in [0.1, 0.15) is 73.0 Å². The molecule has 11 nitrogen and oxygen atoms in total. The zero-order valence-electron chi connectivity index (χ0n) is 29.0. The van der Waals surface area contributed by atoms with E-state index in [1.165, 1.54) is 18.6 Å². The Kier molecular flexibility index (Phi) is 11.6. The van der Waals surface area contributed by atoms with E-state index in [2.05, 4.69) is 25.5 Å². The highest BCUT2D eigenvalue weighted by molar-refractivity contribution is 5.90. The Morgan fingerprint density at radius 2 is 1.78 bits per heavy atom. The summed E-state index contributed by atoms with van der Waals surface area (Å²) >= 11 is 0. The number of benzene rings is 3. The minimum atomic E-state index is -1.25. The van der Waals surface area contributed by atoms with Crippen molar-refractivity contribution in [2.24, 2.45) is 5.92 Å². The van der Waals surface area contributed by atoms with Gasteiger partial charge in [0.1, 0.15) is 11.5 Å². The molecule has 0 bridgehead atoms. The summed E-state index contributed by atoms with van der Waals surface area (Å²) in [6.45, 7) is 2.01. The van der Waals surface area contributed by atoms with Crippen molar-refractivity contribution in [2.45, 2.75) is 63.2 Å². The number of rotatable bonds is 15. The summed E-state index contributed by atoms with van der Waals surface area (Å²) in [6, 6.07) is 23.3. The van der Waals surface area contributed by atoms with Crippen molar-refractivity contribution in [3.05, 3.63) is 124 Å². The maximum atomic E-state index is 12.7. The van der Waals surface area contributed by atoms with Crippen LogP contribution < -0.4 is 16.2 Å². The molecule has 1 fully saturated rings. The fraction of sp³-hybridized carbons (Fsp3) is 0.375. The number of aromatic nitrogens is 2. The maximum Gasteiger partial charge on any atom is 0.248 e. The number of aromatic hydroxyl groups is 1. The van der Waals surface area contributed by atoms with E-state index in [0.717, 1.165) is 36.8 Å². The molecule has 268 valence electrons. The van der Waals surface area contributed by atoms with Crippen LogP contribution in [0.5, 0.6) is 5.75 Å². The highest BCUT2D eigenvalue weighted by Gasteiger charge is 2.44. The minimum Gasteiger partial charge on any atom is -0.506 e. The lowest BCUT2D eigenvalue weighted by atomic mass is 9.73. The van der Waals surface area contributed by atoms with Crippen LogP contribution in [0, 0.1) is 5.92 Å². The van der Waals surface area contributed by atoms with Crippen molar-refractivity contribution in [1.82, 2.24) is 20.2 Å². The number of anilines is 1. The molecule has 2 atom stereocenters. The zero-order chi connectivity index (χ0) is 35.8. The van der Waals surface area contributed by atoms with Gasteiger partial charge in [0.2, 0.25) is 17.4 Å². The first-order chi connectivity index (χ1) is 24.7. The molecule has 2 heterocycles. The number of hydrogen-bond donors (Lipinski definition) is 6. The zero-order valence-corrected chi connectivity index (χ0v) is 29.0. The summed E-state index contributed by atoms with van der Waals surface area (Å²) in [5.74, 6) is 0.996. The van der Waals surface area contributed by atoms with Crippen molar-refractivity contribution >= 4 is 22.5 Å². The highest BCUT2D eigenvalue weighted by Crippen LogP contribution is 2.43. The quantitative estimate of drug-likeness (QED) is 0.0847. The Hall–Kier alpha value is -4.81. The van der Waals surface area contributed by atoms with Crippen molar-refractivity contribution in [3.63, 3.8) is 0 Å². The average molecular weight is 694 g/mol. The normalized spacial score (nSPS) is 15.5. The van der Waals surface area contributed by atoms with E-state index < -0.39 is 11.7 Å². The number of amides is 1. The van der Waals surface area contributed by atoms with Gasteiger partial charge in [0.15, 0.2) is 5.60 Å². The fourth-order valence-electron chi connectivity index (χ4n) is 6.99. The molecule has 0 aliphatic heterocycles. The Labute approximate surface area is 297 Å². The summed E-state index contributed by atoms with van der Waals surface area (Å²) in [5, 5.41) is 39.7. The topological polar surface area (TPSA) is 164 Å². The van der Waals surface area contributed by atoms with Gasteiger partial charge >= 0.3 is 0 Å². The first kappa shape index (κ1) is 36.0. The molecule has 0 saturated heterocycles. The van der Waals surface area contributed by atoms with Crippen LogP contribution in [0.25, 0.3) is 10.9 Å². The predicted octanol–water partition coefficient (Wildman–Crippen LogP) is 5.36. The Bertz CT molecular complexity index is 1950. The van der Waals surface area contributed by atoms with E-state index in [-0.39, 0.29) is 29.7 Å². The van der Waals surface area contributed by atoms with Gasteiger partial charge in [-0.05, 0) is 60.8 Å². The molecular formula is C40H47N5O6. The van der Waals surface area contributed by atoms with Gasteiger partial charge in [0.25, 0.3) is 0 Å². The van der Waals surface area contributed by atoms with Gasteiger partial charge in [-0.2, -0.15) is 0 Å². The third-order valence-corrected chi connectivity index (χ3v) is 9.92. The Morgan fingerprint density at radius 3 is 2.55 bits per heavy atom. The number of phenolic OH excluding ortho intramolecular Hbond substituents is 1. The number of aromatic amines is 1. The molecule has 6 rings (SSSR count). The average Bonchev–Trinajstić information content (AvgIpc) is 3.64. The Balaban J connectivity index is 0.935. The molecule has 1 aliphatic rings. The molecule has 11 heteroatoms. The summed E-state index contributed by atoms with van der Waals surface area (Å²) in [4.78, 5) is 33.7. The van der Waals surface area contributed by atoms with Gasteiger partial charge in [0.05, 0.1) is 17.8 Å². The Morgan fingerprint density at radius 1 is 1.02 bits per heavy atom. The molecule has 51 heavy (non-hydrogen) atoms. The number of aliphatic hydroxyl groups excluding tert-OH is 1. The van der Waals surface area contributed by atoms with Crippen molar-refractivity contribution in [3.8, 4) is 5.75 Å². The number of phenols is 1. The fourth-order valence-corrected chi connectivity index (χ4v) is 6.99. The number of hydrogen-bond acceptors (Lipinski definition) is 9. The van der Waals surface area contributed by atoms with Gasteiger partial charge in [-0.3, -0.25) is 9.59 Å². The second-order valence-electron chi connectivity index (χ2n) is 13.6. The third kappa shape index (κ3) is 8.74. The van der Waals surface area contributed by atoms with E-state index in [1.807, 2.05) is 61.6 Å². The molecule has 0 radical (unpaired) electrons. The number of nitrogens with one attached hydrogen (secondary N) is 3. The van der Waals surface area contributed by atoms with Crippen molar-refractivity contribution < 1.29 is 24.5 Å². The summed E-state index contributed by atoms with van der Waals surface area (Å²) in [7, 11) is 1.97. The third-order valence-electron chi connectivity index (χ3n) is 9.92. The molecular weight excluding hydrogens is 646 g/mol. The van der Waals surface area contributed by atoms with Crippen molar-refractivity contribution in [2.75, 3.05) is 32.0 Å². The molecule has 5 aromatic rings. The van der Waals surface area contributed by atoms with E-state index in [0.29, 0.717) is 66.3 Å². The number of likely N-dealkylation sites (N-methyl/N-ethyl adjacent to an activating group) is 1. The number of nitrogens with zero attached hydrogens (tertiary/aromatic N) is 2. The molecule has 0 unspecified atom stereocenters. The molecule has 2 aromatic heterocycles. The van der Waals surface area contributed by atoms with E-state index in [4.69, 9.17) is 4.42 Å². The molecule has 1 aliphatic carbocycles. The van der Waals surface area contributed by atoms with Gasteiger partial charge in [-0.15, -0.1) is 0 Å². The summed E-state index contributed by atoms with van der Waals surface area (Å²) < 4.78 is 6.20. The maximum absolute atomic E-state index is 12.7. The molecule has 6 N–H and O–H groups in total. The standard InChI is InChI=1S/C40H47N5O6/c1-45(22-20-31-25-42-39(51-31)40(50,28-8-4-2-5-9-28)29-10-6-3-7-11-29)23-21-37(49)43-30-14-12-27(13-15-30)24-41-26-35(47)32-16-18-34(46)38-33(32)17-19-36(48)44-38/h2,4-5,8-9,12-19,25,29,35,41,46-47,50H,3,6-7,10-11,20-24,26H2,1H3,(H,43,49)(H,44,48)/t35-,40-/m0/s1. The second kappa shape index (κ2) is 16.5. The monoisotopic (exact) mass is 693 g/mol. The van der Waals surface area contributed by atoms with Gasteiger partial charge in [0, 0.05) is 62.1 Å². The second-order valence-corrected chi connectivity index (χ2v) is 13.6. The minimum absolute atomic E-state index is 0.0496. The van der Waals surface area contributed by atoms with Crippen molar-refractivity contribution in [1.29, 1.82) is 0 Å². The molecule has 1 saturated carbocycles. The SMILES string of the molecule is CN(CCC(=O)Nc1ccc(CNC[C@H](O)c2ccc(O)c3[nH]c(=O)ccc23)cc1)CCc1cnc([C@](O)(c2ccccc2)C2CCCCC2)o1. The predicted molar refractivity (Wildman–Crippen MR) is 196 cm³/mol. The summed E-state index contributed by atoms with van der Waals surface area (Å²) in [6.07, 6.45) is 7.05. The number of carbonyl (C=O) groups excluding carboxylic acids is 1. The lowest BCUT2D eigenvalue weighted by molar-refractivity contribution is -0.116. The van der Waals surface area contributed by atoms with Crippen LogP contribution in [0.15, 0.2) is 94.3 Å². The highest BCUT2D eigenvalue weighted by atomic mass is 16.4. The van der Waals surface area contributed by atoms with Crippen LogP contribution >= 0.6 is 0 Å². The van der Waals surface area contributed by atoms with E-state index >= 15 is 0 Å². The summed E-state index contributed by atoms with van der Waals surface area (Å²) in [5.41, 5.74) is 1.82. The number of H-pyrrole nitrogens is 1. The first-order valence-corrected chi connectivity index (χ1v) is 17.7. The van der Waals surface area contributed by atoms with Gasteiger partial charge in [-0.25, -0.2) is 4.98 Å². The number of oxazole rings is 1. The lowest BCUT2D eigenvalue weighted by Crippen LogP contribution is -2.38. The van der Waals surface area contributed by atoms with Crippen LogP contribution in [0.2, 0.25) is 0 Å². The molecule has 0 spiro atoms. The largest absolute Gasteiger partial charge is 0.506 e. The number of pyridine rings is 1. The first-order valence-electron chi connectivity index (χ1n) is 17.7. The van der Waals surface area contributed by atoms with Crippen LogP contribution in [-0.4, -0.2) is 62.8 Å². The van der Waals surface area contributed by atoms with Crippen LogP contribution in [0.3, 0.4) is 0 Å². The van der Waals surface area contributed by atoms with E-state index in [1.54, 1.807) is 18.3 Å². The van der Waals surface area contributed by atoms with Gasteiger partial charge in [-0.1, -0.05) is 67.8 Å². The molecule has 1 amide bonds. The number of aliphatic hydroxyl groups is 2. The van der Waals surface area contributed by atoms with Crippen LogP contribution in [-0.2, 0) is 23.4 Å². The number of fused-ring (bicyclic) bond motifs is 1. The lowest BCUT2D eigenvalue weighted by Gasteiger charge is -2.36. The van der Waals surface area contributed by atoms with Gasteiger partial charge < -0.3 is 40.3 Å². The van der Waals surface area contributed by atoms with Crippen LogP contribution in [0.4, 0.5) is 5.69 Å².